The molecule has 160 valence electrons. The average molecular weight is 421 g/mol. The van der Waals surface area contributed by atoms with E-state index in [1.807, 2.05) is 19.1 Å². The van der Waals surface area contributed by atoms with Crippen LogP contribution in [0.3, 0.4) is 0 Å². The third-order valence-corrected chi connectivity index (χ3v) is 5.22. The summed E-state index contributed by atoms with van der Waals surface area (Å²) in [5.74, 6) is -0.216. The first-order valence-electron chi connectivity index (χ1n) is 10.3. The van der Waals surface area contributed by atoms with Crippen LogP contribution in [0.4, 0.5) is 5.69 Å². The van der Waals surface area contributed by atoms with Crippen LogP contribution in [0.1, 0.15) is 40.4 Å². The lowest BCUT2D eigenvalue weighted by molar-refractivity contribution is -0.118. The highest BCUT2D eigenvalue weighted by molar-refractivity contribution is 5.94. The van der Waals surface area contributed by atoms with Gasteiger partial charge in [-0.05, 0) is 80.6 Å². The Morgan fingerprint density at radius 2 is 1.84 bits per heavy atom. The van der Waals surface area contributed by atoms with Crippen LogP contribution in [0.5, 0.6) is 5.75 Å². The summed E-state index contributed by atoms with van der Waals surface area (Å²) in [4.78, 5) is 36.4. The van der Waals surface area contributed by atoms with Crippen LogP contribution in [0.2, 0.25) is 0 Å². The first-order chi connectivity index (χ1) is 15.0. The molecule has 3 aromatic rings. The van der Waals surface area contributed by atoms with E-state index < -0.39 is 5.97 Å². The Morgan fingerprint density at radius 1 is 1.10 bits per heavy atom. The smallest absolute Gasteiger partial charge is 0.339 e. The fourth-order valence-corrected chi connectivity index (χ4v) is 3.86. The number of carbonyl (C=O) groups excluding carboxylic acids is 2. The fraction of sp³-hybridized carbons (Fsp3) is 0.292. The summed E-state index contributed by atoms with van der Waals surface area (Å²) in [6.07, 6.45) is 2.38. The van der Waals surface area contributed by atoms with Crippen LogP contribution in [0.15, 0.2) is 45.6 Å². The third-order valence-electron chi connectivity index (χ3n) is 5.22. The molecule has 0 saturated carbocycles. The second kappa shape index (κ2) is 8.63. The van der Waals surface area contributed by atoms with E-state index in [4.69, 9.17) is 13.9 Å². The van der Waals surface area contributed by atoms with Crippen molar-refractivity contribution < 1.29 is 23.5 Å². The van der Waals surface area contributed by atoms with Crippen molar-refractivity contribution in [2.45, 2.75) is 33.1 Å². The molecular formula is C24H23NO6. The second-order valence-electron chi connectivity index (χ2n) is 7.47. The molecular weight excluding hydrogens is 398 g/mol. The molecule has 0 fully saturated rings. The van der Waals surface area contributed by atoms with Crippen LogP contribution in [0.25, 0.3) is 11.0 Å². The molecule has 1 aromatic heterocycles. The van der Waals surface area contributed by atoms with Crippen LogP contribution in [0, 0.1) is 6.92 Å². The number of aryl methyl sites for hydroxylation is 2. The van der Waals surface area contributed by atoms with E-state index in [1.54, 1.807) is 31.2 Å². The molecule has 1 heterocycles. The number of rotatable bonds is 6. The minimum Gasteiger partial charge on any atom is -0.483 e. The SMILES string of the molecule is CCOC(=O)c1ccc(NC(=O)COc2cc(C)cc3oc(=O)c4c(c23)CCC4)cc1. The lowest BCUT2D eigenvalue weighted by Gasteiger charge is -2.13. The van der Waals surface area contributed by atoms with Gasteiger partial charge in [-0.3, -0.25) is 4.79 Å². The normalized spacial score (nSPS) is 12.5. The molecule has 1 amide bonds. The predicted octanol–water partition coefficient (Wildman–Crippen LogP) is 3.78. The molecule has 0 bridgehead atoms. The van der Waals surface area contributed by atoms with Gasteiger partial charge < -0.3 is 19.2 Å². The van der Waals surface area contributed by atoms with E-state index in [1.165, 1.54) is 0 Å². The first-order valence-corrected chi connectivity index (χ1v) is 10.3. The van der Waals surface area contributed by atoms with E-state index in [0.29, 0.717) is 41.2 Å². The van der Waals surface area contributed by atoms with Gasteiger partial charge in [-0.25, -0.2) is 9.59 Å². The molecule has 0 spiro atoms. The molecule has 0 saturated heterocycles. The maximum absolute atomic E-state index is 12.4. The molecule has 0 unspecified atom stereocenters. The Labute approximate surface area is 179 Å². The molecule has 0 atom stereocenters. The van der Waals surface area contributed by atoms with Gasteiger partial charge >= 0.3 is 11.6 Å². The summed E-state index contributed by atoms with van der Waals surface area (Å²) in [5, 5.41) is 3.51. The van der Waals surface area contributed by atoms with Gasteiger partial charge in [0.1, 0.15) is 11.3 Å². The summed E-state index contributed by atoms with van der Waals surface area (Å²) in [6, 6.07) is 10.1. The zero-order chi connectivity index (χ0) is 22.0. The molecule has 7 heteroatoms. The predicted molar refractivity (Wildman–Crippen MR) is 116 cm³/mol. The van der Waals surface area contributed by atoms with E-state index in [9.17, 15) is 14.4 Å². The minimum absolute atomic E-state index is 0.202. The van der Waals surface area contributed by atoms with Crippen LogP contribution in [-0.4, -0.2) is 25.1 Å². The fourth-order valence-electron chi connectivity index (χ4n) is 3.86. The lowest BCUT2D eigenvalue weighted by atomic mass is 10.0. The lowest BCUT2D eigenvalue weighted by Crippen LogP contribution is -2.20. The van der Waals surface area contributed by atoms with E-state index >= 15 is 0 Å². The van der Waals surface area contributed by atoms with Crippen LogP contribution >= 0.6 is 0 Å². The maximum atomic E-state index is 12.4. The van der Waals surface area contributed by atoms with E-state index in [-0.39, 0.29) is 18.1 Å². The highest BCUT2D eigenvalue weighted by Crippen LogP contribution is 2.35. The number of hydrogen-bond acceptors (Lipinski definition) is 6. The molecule has 0 aliphatic heterocycles. The third kappa shape index (κ3) is 4.30. The number of carbonyl (C=O) groups is 2. The van der Waals surface area contributed by atoms with Crippen molar-refractivity contribution in [3.05, 3.63) is 69.1 Å². The number of esters is 1. The minimum atomic E-state index is -0.408. The number of benzene rings is 2. The number of ether oxygens (including phenoxy) is 2. The number of hydrogen-bond donors (Lipinski definition) is 1. The van der Waals surface area contributed by atoms with Crippen molar-refractivity contribution in [3.8, 4) is 5.75 Å². The van der Waals surface area contributed by atoms with Crippen LogP contribution < -0.4 is 15.7 Å². The van der Waals surface area contributed by atoms with Gasteiger partial charge in [-0.15, -0.1) is 0 Å². The van der Waals surface area contributed by atoms with E-state index in [2.05, 4.69) is 5.32 Å². The Morgan fingerprint density at radius 3 is 2.58 bits per heavy atom. The zero-order valence-corrected chi connectivity index (χ0v) is 17.4. The van der Waals surface area contributed by atoms with Crippen molar-refractivity contribution in [2.24, 2.45) is 0 Å². The van der Waals surface area contributed by atoms with Gasteiger partial charge in [0, 0.05) is 11.3 Å². The standard InChI is InChI=1S/C24H23NO6/c1-3-29-23(27)15-7-9-16(10-8-15)25-21(26)13-30-19-11-14(2)12-20-22(19)17-5-4-6-18(17)24(28)31-20/h7-12H,3-6,13H2,1-2H3,(H,25,26). The number of fused-ring (bicyclic) bond motifs is 3. The molecule has 1 N–H and O–H groups in total. The van der Waals surface area contributed by atoms with Gasteiger partial charge in [0.2, 0.25) is 0 Å². The Kier molecular flexibility index (Phi) is 5.75. The summed E-state index contributed by atoms with van der Waals surface area (Å²) in [7, 11) is 0. The summed E-state index contributed by atoms with van der Waals surface area (Å²) in [6.45, 7) is 3.72. The molecule has 2 aromatic carbocycles. The monoisotopic (exact) mass is 421 g/mol. The molecule has 31 heavy (non-hydrogen) atoms. The van der Waals surface area contributed by atoms with E-state index in [0.717, 1.165) is 29.4 Å². The zero-order valence-electron chi connectivity index (χ0n) is 17.4. The highest BCUT2D eigenvalue weighted by Gasteiger charge is 2.22. The molecule has 7 nitrogen and oxygen atoms in total. The van der Waals surface area contributed by atoms with Gasteiger partial charge in [0.05, 0.1) is 17.6 Å². The molecule has 0 radical (unpaired) electrons. The number of anilines is 1. The van der Waals surface area contributed by atoms with Gasteiger partial charge in [-0.2, -0.15) is 0 Å². The number of amides is 1. The second-order valence-corrected chi connectivity index (χ2v) is 7.47. The molecule has 1 aliphatic carbocycles. The van der Waals surface area contributed by atoms with Crippen molar-refractivity contribution >= 4 is 28.5 Å². The summed E-state index contributed by atoms with van der Waals surface area (Å²) >= 11 is 0. The summed E-state index contributed by atoms with van der Waals surface area (Å²) in [5.41, 5.74) is 3.68. The summed E-state index contributed by atoms with van der Waals surface area (Å²) < 4.78 is 16.3. The van der Waals surface area contributed by atoms with Gasteiger partial charge in [-0.1, -0.05) is 0 Å². The van der Waals surface area contributed by atoms with Gasteiger partial charge in [0.15, 0.2) is 6.61 Å². The van der Waals surface area contributed by atoms with Crippen molar-refractivity contribution in [1.29, 1.82) is 0 Å². The Bertz CT molecular complexity index is 1210. The first kappa shape index (κ1) is 20.7. The van der Waals surface area contributed by atoms with Crippen molar-refractivity contribution in [3.63, 3.8) is 0 Å². The van der Waals surface area contributed by atoms with Crippen LogP contribution in [-0.2, 0) is 22.4 Å². The number of nitrogens with one attached hydrogen (secondary N) is 1. The average Bonchev–Trinajstić information content (AvgIpc) is 3.23. The van der Waals surface area contributed by atoms with Crippen molar-refractivity contribution in [2.75, 3.05) is 18.5 Å². The van der Waals surface area contributed by atoms with Crippen molar-refractivity contribution in [1.82, 2.24) is 0 Å². The Hall–Kier alpha value is -3.61. The topological polar surface area (TPSA) is 94.8 Å². The largest absolute Gasteiger partial charge is 0.483 e. The van der Waals surface area contributed by atoms with Gasteiger partial charge in [0.25, 0.3) is 5.91 Å². The maximum Gasteiger partial charge on any atom is 0.339 e. The Balaban J connectivity index is 1.49. The quantitative estimate of drug-likeness (QED) is 0.481. The molecule has 4 rings (SSSR count). The molecule has 1 aliphatic rings. The highest BCUT2D eigenvalue weighted by atomic mass is 16.5.